The van der Waals surface area contributed by atoms with Gasteiger partial charge in [-0.2, -0.15) is 0 Å². The number of rotatable bonds is 3. The second kappa shape index (κ2) is 4.05. The van der Waals surface area contributed by atoms with Gasteiger partial charge in [0.1, 0.15) is 0 Å². The van der Waals surface area contributed by atoms with E-state index in [0.717, 1.165) is 6.42 Å². The van der Waals surface area contributed by atoms with E-state index in [0.29, 0.717) is 6.54 Å². The molecule has 0 aliphatic rings. The van der Waals surface area contributed by atoms with Crippen molar-refractivity contribution >= 4 is 0 Å². The van der Waals surface area contributed by atoms with Gasteiger partial charge in [-0.1, -0.05) is 6.92 Å². The molecule has 4 N–H and O–H groups in total. The fourth-order valence-corrected chi connectivity index (χ4v) is 0.262. The predicted molar refractivity (Wildman–Crippen MR) is 28.1 cm³/mol. The van der Waals surface area contributed by atoms with Crippen LogP contribution >= 0.6 is 0 Å². The third kappa shape index (κ3) is 3.72. The summed E-state index contributed by atoms with van der Waals surface area (Å²) < 4.78 is 0. The third-order valence-corrected chi connectivity index (χ3v) is 0.878. The Morgan fingerprint density at radius 3 is 2.57 bits per heavy atom. The standard InChI is InChI=1S/C4H12N2O/c1-2-4(5)3-6-7/h4,6-7H,2-3,5H2,1H3. The molecule has 0 bridgehead atoms. The van der Waals surface area contributed by atoms with Crippen molar-refractivity contribution in [2.24, 2.45) is 5.73 Å². The summed E-state index contributed by atoms with van der Waals surface area (Å²) in [6.45, 7) is 2.46. The van der Waals surface area contributed by atoms with E-state index in [4.69, 9.17) is 10.9 Å². The molecule has 0 amide bonds. The van der Waals surface area contributed by atoms with Crippen molar-refractivity contribution in [2.45, 2.75) is 19.4 Å². The van der Waals surface area contributed by atoms with Crippen LogP contribution in [0.1, 0.15) is 13.3 Å². The van der Waals surface area contributed by atoms with Crippen molar-refractivity contribution in [1.29, 1.82) is 0 Å². The monoisotopic (exact) mass is 104 g/mol. The van der Waals surface area contributed by atoms with Crippen molar-refractivity contribution in [3.05, 3.63) is 0 Å². The molecule has 3 nitrogen and oxygen atoms in total. The molecule has 0 aromatic heterocycles. The summed E-state index contributed by atoms with van der Waals surface area (Å²) in [4.78, 5) is 0. The van der Waals surface area contributed by atoms with Gasteiger partial charge in [-0.3, -0.25) is 0 Å². The predicted octanol–water partition coefficient (Wildman–Crippen LogP) is -0.298. The number of nitrogens with two attached hydrogens (primary N) is 1. The molecule has 0 saturated carbocycles. The Hall–Kier alpha value is -0.120. The topological polar surface area (TPSA) is 58.3 Å². The van der Waals surface area contributed by atoms with Gasteiger partial charge in [0, 0.05) is 12.6 Å². The lowest BCUT2D eigenvalue weighted by Gasteiger charge is -2.03. The van der Waals surface area contributed by atoms with Crippen molar-refractivity contribution in [1.82, 2.24) is 5.48 Å². The van der Waals surface area contributed by atoms with Gasteiger partial charge >= 0.3 is 0 Å². The summed E-state index contributed by atoms with van der Waals surface area (Å²) in [7, 11) is 0. The normalized spacial score (nSPS) is 14.1. The Labute approximate surface area is 43.5 Å². The summed E-state index contributed by atoms with van der Waals surface area (Å²) in [5.41, 5.74) is 7.35. The van der Waals surface area contributed by atoms with Crippen LogP contribution in [0.5, 0.6) is 0 Å². The summed E-state index contributed by atoms with van der Waals surface area (Å²) in [5, 5.41) is 8.04. The highest BCUT2D eigenvalue weighted by atomic mass is 16.5. The largest absolute Gasteiger partial charge is 0.326 e. The van der Waals surface area contributed by atoms with Crippen LogP contribution in [0, 0.1) is 0 Å². The van der Waals surface area contributed by atoms with Gasteiger partial charge in [0.05, 0.1) is 0 Å². The van der Waals surface area contributed by atoms with Gasteiger partial charge in [-0.15, -0.1) is 0 Å². The van der Waals surface area contributed by atoms with Gasteiger partial charge < -0.3 is 10.9 Å². The SMILES string of the molecule is CCC(N)CNO. The summed E-state index contributed by atoms with van der Waals surface area (Å²) in [6.07, 6.45) is 0.896. The quantitative estimate of drug-likeness (QED) is 0.431. The first-order valence-corrected chi connectivity index (χ1v) is 2.43. The minimum Gasteiger partial charge on any atom is -0.326 e. The Balaban J connectivity index is 2.83. The Bertz CT molecular complexity index is 40.7. The first-order valence-electron chi connectivity index (χ1n) is 2.43. The fourth-order valence-electron chi connectivity index (χ4n) is 0.262. The molecule has 0 fully saturated rings. The Morgan fingerprint density at radius 1 is 1.86 bits per heavy atom. The number of nitrogens with one attached hydrogen (secondary N) is 1. The lowest BCUT2D eigenvalue weighted by molar-refractivity contribution is 0.159. The molecule has 1 unspecified atom stereocenters. The van der Waals surface area contributed by atoms with E-state index in [1.807, 2.05) is 12.4 Å². The molecule has 1 atom stereocenters. The molecule has 7 heavy (non-hydrogen) atoms. The first kappa shape index (κ1) is 6.88. The zero-order chi connectivity index (χ0) is 5.70. The molecule has 0 radical (unpaired) electrons. The average Bonchev–Trinajstić information content (AvgIpc) is 1.68. The van der Waals surface area contributed by atoms with Crippen LogP contribution in [0.15, 0.2) is 0 Å². The smallest absolute Gasteiger partial charge is 0.0359 e. The van der Waals surface area contributed by atoms with Crippen molar-refractivity contribution in [2.75, 3.05) is 6.54 Å². The second-order valence-corrected chi connectivity index (χ2v) is 1.53. The van der Waals surface area contributed by atoms with Crippen LogP contribution in [0.25, 0.3) is 0 Å². The maximum absolute atomic E-state index is 8.04. The fraction of sp³-hybridized carbons (Fsp3) is 1.00. The number of hydroxylamine groups is 1. The van der Waals surface area contributed by atoms with Gasteiger partial charge in [0.2, 0.25) is 0 Å². The third-order valence-electron chi connectivity index (χ3n) is 0.878. The van der Waals surface area contributed by atoms with Crippen LogP contribution in [0.3, 0.4) is 0 Å². The van der Waals surface area contributed by atoms with Crippen LogP contribution in [0.2, 0.25) is 0 Å². The maximum atomic E-state index is 8.04. The summed E-state index contributed by atoms with van der Waals surface area (Å²) in [5.74, 6) is 0. The molecule has 3 heteroatoms. The van der Waals surface area contributed by atoms with E-state index in [9.17, 15) is 0 Å². The number of hydrogen-bond acceptors (Lipinski definition) is 3. The highest BCUT2D eigenvalue weighted by Crippen LogP contribution is 1.79. The molecule has 0 spiro atoms. The van der Waals surface area contributed by atoms with Gasteiger partial charge in [-0.05, 0) is 6.42 Å². The van der Waals surface area contributed by atoms with Crippen molar-refractivity contribution < 1.29 is 5.21 Å². The second-order valence-electron chi connectivity index (χ2n) is 1.53. The Morgan fingerprint density at radius 2 is 2.43 bits per heavy atom. The molecule has 44 valence electrons. The van der Waals surface area contributed by atoms with Gasteiger partial charge in [-0.25, -0.2) is 5.48 Å². The molecule has 0 aromatic rings. The lowest BCUT2D eigenvalue weighted by atomic mass is 10.2. The molecular weight excluding hydrogens is 92.1 g/mol. The lowest BCUT2D eigenvalue weighted by Crippen LogP contribution is -2.31. The highest BCUT2D eigenvalue weighted by molar-refractivity contribution is 4.56. The molecule has 0 aromatic carbocycles. The average molecular weight is 104 g/mol. The van der Waals surface area contributed by atoms with Crippen LogP contribution in [-0.4, -0.2) is 17.8 Å². The van der Waals surface area contributed by atoms with Crippen LogP contribution in [-0.2, 0) is 0 Å². The van der Waals surface area contributed by atoms with Gasteiger partial charge in [0.15, 0.2) is 0 Å². The summed E-state index contributed by atoms with van der Waals surface area (Å²) >= 11 is 0. The van der Waals surface area contributed by atoms with E-state index in [2.05, 4.69) is 0 Å². The zero-order valence-electron chi connectivity index (χ0n) is 4.52. The van der Waals surface area contributed by atoms with E-state index < -0.39 is 0 Å². The maximum Gasteiger partial charge on any atom is 0.0359 e. The molecule has 0 aliphatic heterocycles. The van der Waals surface area contributed by atoms with E-state index >= 15 is 0 Å². The molecule has 0 aliphatic carbocycles. The first-order chi connectivity index (χ1) is 3.31. The van der Waals surface area contributed by atoms with Crippen LogP contribution in [0.4, 0.5) is 0 Å². The number of hydrogen-bond donors (Lipinski definition) is 3. The van der Waals surface area contributed by atoms with E-state index in [-0.39, 0.29) is 6.04 Å². The zero-order valence-corrected chi connectivity index (χ0v) is 4.52. The van der Waals surface area contributed by atoms with Crippen LogP contribution < -0.4 is 11.2 Å². The molecular formula is C4H12N2O. The van der Waals surface area contributed by atoms with Gasteiger partial charge in [0.25, 0.3) is 0 Å². The molecule has 0 rings (SSSR count). The molecule has 0 saturated heterocycles. The van der Waals surface area contributed by atoms with E-state index in [1.165, 1.54) is 0 Å². The minimum atomic E-state index is 0.0880. The minimum absolute atomic E-state index is 0.0880. The molecule has 0 heterocycles. The summed E-state index contributed by atoms with van der Waals surface area (Å²) in [6, 6.07) is 0.0880. The van der Waals surface area contributed by atoms with E-state index in [1.54, 1.807) is 0 Å². The highest BCUT2D eigenvalue weighted by Gasteiger charge is 1.93. The Kier molecular flexibility index (Phi) is 3.98. The van der Waals surface area contributed by atoms with Crippen molar-refractivity contribution in [3.8, 4) is 0 Å². The van der Waals surface area contributed by atoms with Crippen molar-refractivity contribution in [3.63, 3.8) is 0 Å².